The molecule has 0 aliphatic rings. The second-order valence-electron chi connectivity index (χ2n) is 3.52. The van der Waals surface area contributed by atoms with E-state index in [0.717, 1.165) is 21.2 Å². The molecule has 17 heavy (non-hydrogen) atoms. The number of alkyl halides is 2. The van der Waals surface area contributed by atoms with E-state index in [0.29, 0.717) is 5.02 Å². The van der Waals surface area contributed by atoms with E-state index >= 15 is 0 Å². The summed E-state index contributed by atoms with van der Waals surface area (Å²) in [6, 6.07) is 13.5. The van der Waals surface area contributed by atoms with E-state index in [1.54, 1.807) is 0 Å². The first kappa shape index (κ1) is 13.2. The van der Waals surface area contributed by atoms with Crippen LogP contribution < -0.4 is 0 Å². The van der Waals surface area contributed by atoms with Gasteiger partial charge in [-0.3, -0.25) is 0 Å². The van der Waals surface area contributed by atoms with E-state index in [9.17, 15) is 0 Å². The van der Waals surface area contributed by atoms with Crippen LogP contribution in [0.3, 0.4) is 0 Å². The molecule has 2 aromatic rings. The molecule has 0 atom stereocenters. The number of benzene rings is 2. The summed E-state index contributed by atoms with van der Waals surface area (Å²) < 4.78 is 0.900. The molecule has 0 aliphatic heterocycles. The lowest BCUT2D eigenvalue weighted by Crippen LogP contribution is -1.88. The van der Waals surface area contributed by atoms with Crippen LogP contribution in [0.5, 0.6) is 0 Å². The quantitative estimate of drug-likeness (QED) is 0.562. The maximum Gasteiger partial charge on any atom is 0.133 e. The second-order valence-corrected chi connectivity index (χ2v) is 5.85. The van der Waals surface area contributed by atoms with E-state index in [-0.39, 0.29) is 0 Å². The summed E-state index contributed by atoms with van der Waals surface area (Å²) in [7, 11) is 0. The molecule has 0 N–H and O–H groups in total. The highest BCUT2D eigenvalue weighted by atomic mass is 79.9. The molecule has 0 saturated heterocycles. The van der Waals surface area contributed by atoms with Gasteiger partial charge in [0.1, 0.15) is 4.84 Å². The molecule has 0 spiro atoms. The summed E-state index contributed by atoms with van der Waals surface area (Å²) in [5, 5.41) is 0.702. The molecular weight excluding hydrogens is 342 g/mol. The van der Waals surface area contributed by atoms with Crippen molar-refractivity contribution < 1.29 is 0 Å². The van der Waals surface area contributed by atoms with Gasteiger partial charge < -0.3 is 0 Å². The van der Waals surface area contributed by atoms with E-state index in [4.69, 9.17) is 34.8 Å². The molecule has 0 aliphatic carbocycles. The van der Waals surface area contributed by atoms with E-state index in [1.165, 1.54) is 0 Å². The van der Waals surface area contributed by atoms with Crippen molar-refractivity contribution in [3.8, 4) is 11.1 Å². The van der Waals surface area contributed by atoms with E-state index in [1.807, 2.05) is 42.5 Å². The van der Waals surface area contributed by atoms with Crippen LogP contribution in [0.2, 0.25) is 5.02 Å². The fraction of sp³-hybridized carbons (Fsp3) is 0.0769. The molecular formula is C13H8BrCl3. The Labute approximate surface area is 124 Å². The lowest BCUT2D eigenvalue weighted by Gasteiger charge is -2.10. The Balaban J connectivity index is 2.57. The standard InChI is InChI=1S/C13H8BrCl3/c14-12-10(5-2-6-11(12)13(16)17)8-3-1-4-9(15)7-8/h1-7,13H. The molecule has 0 aromatic heterocycles. The Morgan fingerprint density at radius 3 is 2.35 bits per heavy atom. The Morgan fingerprint density at radius 1 is 1.00 bits per heavy atom. The Hall–Kier alpha value is -0.210. The van der Waals surface area contributed by atoms with Crippen molar-refractivity contribution in [2.45, 2.75) is 4.84 Å². The molecule has 0 nitrogen and oxygen atoms in total. The van der Waals surface area contributed by atoms with Crippen molar-refractivity contribution in [3.05, 3.63) is 57.5 Å². The minimum atomic E-state index is -0.552. The summed E-state index contributed by atoms with van der Waals surface area (Å²) >= 11 is 21.3. The number of halogens is 4. The second kappa shape index (κ2) is 5.62. The molecule has 0 radical (unpaired) electrons. The van der Waals surface area contributed by atoms with Gasteiger partial charge in [0, 0.05) is 9.50 Å². The van der Waals surface area contributed by atoms with Crippen LogP contribution >= 0.6 is 50.7 Å². The van der Waals surface area contributed by atoms with Crippen LogP contribution in [0.25, 0.3) is 11.1 Å². The van der Waals surface area contributed by atoms with Crippen molar-refractivity contribution in [1.82, 2.24) is 0 Å². The van der Waals surface area contributed by atoms with Crippen molar-refractivity contribution >= 4 is 50.7 Å². The summed E-state index contributed by atoms with van der Waals surface area (Å²) in [5.41, 5.74) is 2.90. The third-order valence-electron chi connectivity index (χ3n) is 2.40. The molecule has 88 valence electrons. The highest BCUT2D eigenvalue weighted by Crippen LogP contribution is 2.38. The van der Waals surface area contributed by atoms with Crippen molar-refractivity contribution in [2.24, 2.45) is 0 Å². The number of hydrogen-bond donors (Lipinski definition) is 0. The smallest absolute Gasteiger partial charge is 0.100 e. The average Bonchev–Trinajstić information content (AvgIpc) is 2.29. The molecule has 2 aromatic carbocycles. The van der Waals surface area contributed by atoms with Crippen LogP contribution in [0.1, 0.15) is 10.4 Å². The van der Waals surface area contributed by atoms with Crippen molar-refractivity contribution in [1.29, 1.82) is 0 Å². The summed E-state index contributed by atoms with van der Waals surface area (Å²) in [5.74, 6) is 0. The monoisotopic (exact) mass is 348 g/mol. The summed E-state index contributed by atoms with van der Waals surface area (Å²) in [6.45, 7) is 0. The molecule has 0 heterocycles. The van der Waals surface area contributed by atoms with Gasteiger partial charge in [-0.25, -0.2) is 0 Å². The van der Waals surface area contributed by atoms with Gasteiger partial charge >= 0.3 is 0 Å². The minimum absolute atomic E-state index is 0.552. The maximum absolute atomic E-state index is 5.98. The topological polar surface area (TPSA) is 0 Å². The average molecular weight is 350 g/mol. The highest BCUT2D eigenvalue weighted by molar-refractivity contribution is 9.10. The highest BCUT2D eigenvalue weighted by Gasteiger charge is 2.12. The Bertz CT molecular complexity index is 538. The first-order chi connectivity index (χ1) is 8.09. The van der Waals surface area contributed by atoms with Gasteiger partial charge in [-0.15, -0.1) is 23.2 Å². The predicted molar refractivity (Wildman–Crippen MR) is 79.0 cm³/mol. The van der Waals surface area contributed by atoms with Gasteiger partial charge in [0.05, 0.1) is 0 Å². The lowest BCUT2D eigenvalue weighted by molar-refractivity contribution is 1.32. The number of hydrogen-bond acceptors (Lipinski definition) is 0. The molecule has 2 rings (SSSR count). The minimum Gasteiger partial charge on any atom is -0.100 e. The molecule has 0 fully saturated rings. The van der Waals surface area contributed by atoms with Crippen LogP contribution in [0.15, 0.2) is 46.9 Å². The lowest BCUT2D eigenvalue weighted by atomic mass is 10.0. The zero-order valence-corrected chi connectivity index (χ0v) is 12.5. The molecule has 4 heteroatoms. The van der Waals surface area contributed by atoms with Crippen LogP contribution in [0.4, 0.5) is 0 Å². The van der Waals surface area contributed by atoms with Crippen LogP contribution in [0, 0.1) is 0 Å². The SMILES string of the molecule is Clc1cccc(-c2cccc(C(Cl)Cl)c2Br)c1. The van der Waals surface area contributed by atoms with E-state index < -0.39 is 4.84 Å². The van der Waals surface area contributed by atoms with Gasteiger partial charge in [0.15, 0.2) is 0 Å². The third kappa shape index (κ3) is 2.97. The van der Waals surface area contributed by atoms with Gasteiger partial charge in [0.2, 0.25) is 0 Å². The zero-order chi connectivity index (χ0) is 12.4. The molecule has 0 unspecified atom stereocenters. The largest absolute Gasteiger partial charge is 0.133 e. The first-order valence-corrected chi connectivity index (χ1v) is 6.96. The fourth-order valence-corrected chi connectivity index (χ4v) is 3.14. The fourth-order valence-electron chi connectivity index (χ4n) is 1.60. The molecule has 0 saturated carbocycles. The third-order valence-corrected chi connectivity index (χ3v) is 3.99. The Morgan fingerprint density at radius 2 is 1.71 bits per heavy atom. The van der Waals surface area contributed by atoms with Gasteiger partial charge in [-0.1, -0.05) is 41.9 Å². The maximum atomic E-state index is 5.98. The van der Waals surface area contributed by atoms with Crippen molar-refractivity contribution in [3.63, 3.8) is 0 Å². The summed E-state index contributed by atoms with van der Waals surface area (Å²) in [4.78, 5) is -0.552. The van der Waals surface area contributed by atoms with Gasteiger partial charge in [-0.05, 0) is 44.8 Å². The van der Waals surface area contributed by atoms with E-state index in [2.05, 4.69) is 15.9 Å². The first-order valence-electron chi connectivity index (χ1n) is 4.92. The number of rotatable bonds is 2. The van der Waals surface area contributed by atoms with Crippen LogP contribution in [-0.2, 0) is 0 Å². The van der Waals surface area contributed by atoms with Gasteiger partial charge in [-0.2, -0.15) is 0 Å². The molecule has 0 amide bonds. The van der Waals surface area contributed by atoms with Crippen LogP contribution in [-0.4, -0.2) is 0 Å². The van der Waals surface area contributed by atoms with Crippen molar-refractivity contribution in [2.75, 3.05) is 0 Å². The normalized spacial score (nSPS) is 10.9. The summed E-state index contributed by atoms with van der Waals surface area (Å²) in [6.07, 6.45) is 0. The van der Waals surface area contributed by atoms with Gasteiger partial charge in [0.25, 0.3) is 0 Å². The zero-order valence-electron chi connectivity index (χ0n) is 8.63. The molecule has 0 bridgehead atoms. The predicted octanol–water partition coefficient (Wildman–Crippen LogP) is 6.25. The Kier molecular flexibility index (Phi) is 4.37.